The van der Waals surface area contributed by atoms with Gasteiger partial charge < -0.3 is 24.8 Å². The van der Waals surface area contributed by atoms with E-state index in [9.17, 15) is 4.79 Å². The van der Waals surface area contributed by atoms with Crippen LogP contribution in [-0.4, -0.2) is 98.2 Å². The Morgan fingerprint density at radius 3 is 2.33 bits per heavy atom. The Hall–Kier alpha value is -1.34. The summed E-state index contributed by atoms with van der Waals surface area (Å²) in [5.74, 6) is 1.17. The molecule has 1 atom stereocenters. The monoisotopic (exact) mass is 379 g/mol. The largest absolute Gasteiger partial charge is 0.368 e. The van der Waals surface area contributed by atoms with Gasteiger partial charge in [0.2, 0.25) is 0 Å². The molecule has 3 aliphatic heterocycles. The van der Waals surface area contributed by atoms with Gasteiger partial charge in [-0.3, -0.25) is 9.79 Å². The summed E-state index contributed by atoms with van der Waals surface area (Å²) < 4.78 is 5.55. The second-order valence-electron chi connectivity index (χ2n) is 7.81. The van der Waals surface area contributed by atoms with Crippen LogP contribution in [-0.2, 0) is 9.53 Å². The Kier molecular flexibility index (Phi) is 8.20. The molecule has 0 aromatic carbocycles. The van der Waals surface area contributed by atoms with Gasteiger partial charge in [0, 0.05) is 45.9 Å². The number of ether oxygens (including phenoxy) is 1. The number of carbonyl (C=O) groups excluding carboxylic acids is 1. The second kappa shape index (κ2) is 10.9. The first kappa shape index (κ1) is 20.4. The lowest BCUT2D eigenvalue weighted by molar-refractivity contribution is -0.142. The van der Waals surface area contributed by atoms with Crippen molar-refractivity contribution in [2.24, 2.45) is 4.99 Å². The smallest absolute Gasteiger partial charge is 0.251 e. The molecule has 0 aliphatic carbocycles. The van der Waals surface area contributed by atoms with Gasteiger partial charge in [-0.2, -0.15) is 0 Å². The highest BCUT2D eigenvalue weighted by atomic mass is 16.5. The van der Waals surface area contributed by atoms with Gasteiger partial charge in [-0.1, -0.05) is 12.8 Å². The van der Waals surface area contributed by atoms with E-state index in [-0.39, 0.29) is 12.0 Å². The van der Waals surface area contributed by atoms with Crippen LogP contribution in [0.5, 0.6) is 0 Å². The summed E-state index contributed by atoms with van der Waals surface area (Å²) in [4.78, 5) is 24.2. The minimum absolute atomic E-state index is 0.176. The third kappa shape index (κ3) is 6.07. The number of piperazine rings is 1. The number of hydrogen-bond acceptors (Lipinski definition) is 4. The maximum atomic E-state index is 12.5. The minimum Gasteiger partial charge on any atom is -0.368 e. The van der Waals surface area contributed by atoms with E-state index in [1.54, 1.807) is 0 Å². The molecule has 3 aliphatic rings. The number of likely N-dealkylation sites (tertiary alicyclic amines) is 1. The summed E-state index contributed by atoms with van der Waals surface area (Å²) in [6.45, 7) is 11.2. The molecular weight excluding hydrogens is 342 g/mol. The molecule has 154 valence electrons. The molecule has 3 rings (SSSR count). The number of rotatable bonds is 5. The Balaban J connectivity index is 1.46. The summed E-state index contributed by atoms with van der Waals surface area (Å²) in [6.07, 6.45) is 7.07. The summed E-state index contributed by atoms with van der Waals surface area (Å²) in [5, 5.41) is 3.43. The van der Waals surface area contributed by atoms with Gasteiger partial charge >= 0.3 is 0 Å². The summed E-state index contributed by atoms with van der Waals surface area (Å²) in [5.41, 5.74) is 0. The number of nitrogens with one attached hydrogen (secondary N) is 1. The van der Waals surface area contributed by atoms with Crippen molar-refractivity contribution in [2.45, 2.75) is 51.6 Å². The minimum atomic E-state index is -0.202. The van der Waals surface area contributed by atoms with Crippen molar-refractivity contribution in [1.82, 2.24) is 20.0 Å². The fourth-order valence-electron chi connectivity index (χ4n) is 4.20. The van der Waals surface area contributed by atoms with Gasteiger partial charge in [0.15, 0.2) is 5.96 Å². The highest BCUT2D eigenvalue weighted by Gasteiger charge is 2.30. The molecule has 0 bridgehead atoms. The summed E-state index contributed by atoms with van der Waals surface area (Å²) >= 11 is 0. The van der Waals surface area contributed by atoms with Crippen LogP contribution in [0.3, 0.4) is 0 Å². The zero-order valence-electron chi connectivity index (χ0n) is 17.0. The Morgan fingerprint density at radius 1 is 1.00 bits per heavy atom. The van der Waals surface area contributed by atoms with Crippen LogP contribution in [0, 0.1) is 0 Å². The fraction of sp³-hybridized carbons (Fsp3) is 0.900. The topological polar surface area (TPSA) is 60.4 Å². The van der Waals surface area contributed by atoms with Crippen LogP contribution in [0.2, 0.25) is 0 Å². The van der Waals surface area contributed by atoms with Crippen molar-refractivity contribution < 1.29 is 9.53 Å². The van der Waals surface area contributed by atoms with E-state index in [0.29, 0.717) is 0 Å². The number of nitrogens with zero attached hydrogens (tertiary/aromatic N) is 4. The SMILES string of the molecule is CCNC(=NCCN1CCCCCC1)N1CCN(C(=O)C2CCCO2)CC1. The second-order valence-corrected chi connectivity index (χ2v) is 7.81. The third-order valence-corrected chi connectivity index (χ3v) is 5.81. The first-order valence-corrected chi connectivity index (χ1v) is 10.9. The van der Waals surface area contributed by atoms with Gasteiger partial charge in [0.25, 0.3) is 5.91 Å². The van der Waals surface area contributed by atoms with Crippen molar-refractivity contribution in [2.75, 3.05) is 65.5 Å². The lowest BCUT2D eigenvalue weighted by atomic mass is 10.2. The molecule has 27 heavy (non-hydrogen) atoms. The predicted octanol–water partition coefficient (Wildman–Crippen LogP) is 1.15. The molecule has 1 amide bonds. The lowest BCUT2D eigenvalue weighted by Gasteiger charge is -2.37. The number of amides is 1. The lowest BCUT2D eigenvalue weighted by Crippen LogP contribution is -2.55. The molecule has 7 nitrogen and oxygen atoms in total. The van der Waals surface area contributed by atoms with Crippen LogP contribution < -0.4 is 5.32 Å². The van der Waals surface area contributed by atoms with Crippen LogP contribution >= 0.6 is 0 Å². The Bertz CT molecular complexity index is 477. The maximum absolute atomic E-state index is 12.5. The maximum Gasteiger partial charge on any atom is 0.251 e. The molecule has 0 spiro atoms. The van der Waals surface area contributed by atoms with Crippen molar-refractivity contribution in [3.63, 3.8) is 0 Å². The van der Waals surface area contributed by atoms with Crippen molar-refractivity contribution in [3.8, 4) is 0 Å². The summed E-state index contributed by atoms with van der Waals surface area (Å²) in [6, 6.07) is 0. The standard InChI is InChI=1S/C20H37N5O2/c1-2-21-20(22-9-12-23-10-5-3-4-6-11-23)25-15-13-24(14-16-25)19(26)18-8-7-17-27-18/h18H,2-17H2,1H3,(H,21,22). The zero-order valence-corrected chi connectivity index (χ0v) is 17.0. The van der Waals surface area contributed by atoms with Crippen LogP contribution in [0.4, 0.5) is 0 Å². The first-order valence-electron chi connectivity index (χ1n) is 10.9. The molecule has 7 heteroatoms. The number of aliphatic imine (C=N–C) groups is 1. The molecule has 0 aromatic heterocycles. The molecule has 3 heterocycles. The number of guanidine groups is 1. The van der Waals surface area contributed by atoms with E-state index in [1.807, 2.05) is 4.90 Å². The number of carbonyl (C=O) groups is 1. The molecule has 3 fully saturated rings. The average molecular weight is 380 g/mol. The first-order chi connectivity index (χ1) is 13.3. The van der Waals surface area contributed by atoms with Crippen LogP contribution in [0.15, 0.2) is 4.99 Å². The molecule has 0 saturated carbocycles. The molecular formula is C20H37N5O2. The van der Waals surface area contributed by atoms with Gasteiger partial charge in [-0.25, -0.2) is 0 Å². The van der Waals surface area contributed by atoms with Gasteiger partial charge in [-0.15, -0.1) is 0 Å². The molecule has 0 radical (unpaired) electrons. The zero-order chi connectivity index (χ0) is 18.9. The Morgan fingerprint density at radius 2 is 1.70 bits per heavy atom. The fourth-order valence-corrected chi connectivity index (χ4v) is 4.20. The van der Waals surface area contributed by atoms with E-state index in [0.717, 1.165) is 71.2 Å². The van der Waals surface area contributed by atoms with Crippen LogP contribution in [0.25, 0.3) is 0 Å². The quantitative estimate of drug-likeness (QED) is 0.574. The van der Waals surface area contributed by atoms with E-state index in [2.05, 4.69) is 22.0 Å². The van der Waals surface area contributed by atoms with Crippen molar-refractivity contribution in [3.05, 3.63) is 0 Å². The van der Waals surface area contributed by atoms with Gasteiger partial charge in [0.05, 0.1) is 6.54 Å². The third-order valence-electron chi connectivity index (χ3n) is 5.81. The van der Waals surface area contributed by atoms with Crippen LogP contribution in [0.1, 0.15) is 45.4 Å². The average Bonchev–Trinajstić information content (AvgIpc) is 3.11. The number of hydrogen-bond donors (Lipinski definition) is 1. The summed E-state index contributed by atoms with van der Waals surface area (Å²) in [7, 11) is 0. The molecule has 1 N–H and O–H groups in total. The van der Waals surface area contributed by atoms with Gasteiger partial charge in [-0.05, 0) is 45.7 Å². The molecule has 1 unspecified atom stereocenters. The normalized spacial score (nSPS) is 25.5. The van der Waals surface area contributed by atoms with E-state index in [1.165, 1.54) is 38.8 Å². The Labute approximate surface area is 164 Å². The van der Waals surface area contributed by atoms with Crippen molar-refractivity contribution >= 4 is 11.9 Å². The highest BCUT2D eigenvalue weighted by molar-refractivity contribution is 5.82. The molecule has 3 saturated heterocycles. The van der Waals surface area contributed by atoms with E-state index in [4.69, 9.17) is 9.73 Å². The molecule has 0 aromatic rings. The van der Waals surface area contributed by atoms with E-state index >= 15 is 0 Å². The van der Waals surface area contributed by atoms with Crippen molar-refractivity contribution in [1.29, 1.82) is 0 Å². The highest BCUT2D eigenvalue weighted by Crippen LogP contribution is 2.16. The van der Waals surface area contributed by atoms with Gasteiger partial charge in [0.1, 0.15) is 6.10 Å². The predicted molar refractivity (Wildman–Crippen MR) is 108 cm³/mol. The van der Waals surface area contributed by atoms with E-state index < -0.39 is 0 Å².